The van der Waals surface area contributed by atoms with E-state index in [-0.39, 0.29) is 0 Å². The molecule has 0 fully saturated rings. The van der Waals surface area contributed by atoms with Crippen LogP contribution in [0.1, 0.15) is 13.8 Å². The van der Waals surface area contributed by atoms with Crippen LogP contribution in [0.4, 0.5) is 5.95 Å². The Labute approximate surface area is 94.8 Å². The van der Waals surface area contributed by atoms with Gasteiger partial charge in [-0.2, -0.15) is 4.57 Å². The van der Waals surface area contributed by atoms with Gasteiger partial charge in [-0.15, -0.1) is 0 Å². The molecule has 0 saturated heterocycles. The maximum absolute atomic E-state index is 5.43. The molecule has 2 rings (SSSR count). The van der Waals surface area contributed by atoms with Crippen molar-refractivity contribution in [3.63, 3.8) is 0 Å². The van der Waals surface area contributed by atoms with Crippen LogP contribution in [0.2, 0.25) is 0 Å². The van der Waals surface area contributed by atoms with E-state index in [1.54, 1.807) is 7.11 Å². The quantitative estimate of drug-likeness (QED) is 0.676. The van der Waals surface area contributed by atoms with Crippen LogP contribution in [0.15, 0.2) is 0 Å². The lowest BCUT2D eigenvalue weighted by molar-refractivity contribution is -0.690. The van der Waals surface area contributed by atoms with Crippen LogP contribution in [0.3, 0.4) is 0 Å². The van der Waals surface area contributed by atoms with E-state index in [2.05, 4.69) is 28.7 Å². The summed E-state index contributed by atoms with van der Waals surface area (Å²) in [5.41, 5.74) is 0. The highest BCUT2D eigenvalue weighted by atomic mass is 16.5. The van der Waals surface area contributed by atoms with Gasteiger partial charge in [-0.1, -0.05) is 0 Å². The second kappa shape index (κ2) is 4.51. The molecule has 1 aliphatic heterocycles. The molecule has 0 saturated carbocycles. The highest BCUT2D eigenvalue weighted by molar-refractivity contribution is 5.29. The molecule has 0 amide bonds. The molecule has 0 radical (unpaired) electrons. The molecule has 0 atom stereocenters. The Hall–Kier alpha value is -1.59. The van der Waals surface area contributed by atoms with E-state index in [0.29, 0.717) is 24.6 Å². The summed E-state index contributed by atoms with van der Waals surface area (Å²) in [6.45, 7) is 7.25. The maximum atomic E-state index is 5.43. The molecule has 16 heavy (non-hydrogen) atoms. The number of hydrogen-bond donors (Lipinski definition) is 0. The van der Waals surface area contributed by atoms with E-state index < -0.39 is 0 Å². The van der Waals surface area contributed by atoms with E-state index in [1.165, 1.54) is 0 Å². The molecule has 0 unspecified atom stereocenters. The first-order chi connectivity index (χ1) is 7.80. The van der Waals surface area contributed by atoms with Crippen molar-refractivity contribution in [1.29, 1.82) is 0 Å². The minimum atomic E-state index is 0.560. The zero-order valence-electron chi connectivity index (χ0n) is 9.93. The van der Waals surface area contributed by atoms with Gasteiger partial charge in [-0.25, -0.2) is 0 Å². The Kier molecular flexibility index (Phi) is 3.07. The Morgan fingerprint density at radius 2 is 2.12 bits per heavy atom. The number of hydrogen-bond acceptors (Lipinski definition) is 5. The third-order valence-electron chi connectivity index (χ3n) is 2.63. The Bertz CT molecular complexity index is 379. The lowest BCUT2D eigenvalue weighted by Gasteiger charge is -2.13. The van der Waals surface area contributed by atoms with E-state index in [4.69, 9.17) is 9.47 Å². The Morgan fingerprint density at radius 1 is 1.38 bits per heavy atom. The van der Waals surface area contributed by atoms with Gasteiger partial charge < -0.3 is 14.4 Å². The van der Waals surface area contributed by atoms with Crippen molar-refractivity contribution in [2.75, 3.05) is 31.7 Å². The summed E-state index contributed by atoms with van der Waals surface area (Å²) in [5, 5.41) is 0. The Morgan fingerprint density at radius 3 is 2.75 bits per heavy atom. The molecule has 0 N–H and O–H groups in total. The summed E-state index contributed by atoms with van der Waals surface area (Å²) in [6, 6.07) is 1.15. The highest BCUT2D eigenvalue weighted by Gasteiger charge is 2.30. The molecule has 6 nitrogen and oxygen atoms in total. The fraction of sp³-hybridized carbons (Fsp3) is 0.700. The molecule has 6 heteroatoms. The number of aromatic nitrogens is 3. The van der Waals surface area contributed by atoms with Crippen molar-refractivity contribution in [2.24, 2.45) is 0 Å². The van der Waals surface area contributed by atoms with Crippen molar-refractivity contribution in [3.05, 3.63) is 0 Å². The molecule has 1 aromatic heterocycles. The first-order valence-corrected chi connectivity index (χ1v) is 5.53. The van der Waals surface area contributed by atoms with Crippen LogP contribution in [-0.4, -0.2) is 36.8 Å². The summed E-state index contributed by atoms with van der Waals surface area (Å²) >= 11 is 0. The first kappa shape index (κ1) is 10.9. The number of nitrogens with zero attached hydrogens (tertiary/aromatic N) is 4. The average Bonchev–Trinajstić information content (AvgIpc) is 2.77. The van der Waals surface area contributed by atoms with Gasteiger partial charge in [0.2, 0.25) is 0 Å². The number of methoxy groups -OCH3 is 1. The topological polar surface area (TPSA) is 51.4 Å². The molecule has 88 valence electrons. The molecular weight excluding hydrogens is 208 g/mol. The van der Waals surface area contributed by atoms with E-state index >= 15 is 0 Å². The van der Waals surface area contributed by atoms with Crippen molar-refractivity contribution >= 4 is 5.95 Å². The minimum Gasteiger partial charge on any atom is -0.444 e. The van der Waals surface area contributed by atoms with E-state index in [9.17, 15) is 0 Å². The van der Waals surface area contributed by atoms with Crippen LogP contribution >= 0.6 is 0 Å². The number of anilines is 1. The molecule has 0 spiro atoms. The van der Waals surface area contributed by atoms with Crippen LogP contribution in [0, 0.1) is 0 Å². The van der Waals surface area contributed by atoms with Gasteiger partial charge in [-0.05, 0) is 23.8 Å². The highest BCUT2D eigenvalue weighted by Crippen LogP contribution is 2.16. The number of rotatable bonds is 4. The molecule has 0 aliphatic carbocycles. The van der Waals surface area contributed by atoms with Gasteiger partial charge in [0.15, 0.2) is 0 Å². The lowest BCUT2D eigenvalue weighted by atomic mass is 10.5. The predicted octanol–water partition coefficient (Wildman–Crippen LogP) is 0.0113. The second-order valence-corrected chi connectivity index (χ2v) is 3.47. The first-order valence-electron chi connectivity index (χ1n) is 5.53. The zero-order valence-corrected chi connectivity index (χ0v) is 9.93. The third-order valence-corrected chi connectivity index (χ3v) is 2.63. The minimum absolute atomic E-state index is 0.560. The van der Waals surface area contributed by atoms with Crippen LogP contribution in [-0.2, 0) is 6.54 Å². The van der Waals surface area contributed by atoms with Crippen molar-refractivity contribution < 1.29 is 14.0 Å². The zero-order chi connectivity index (χ0) is 11.5. The van der Waals surface area contributed by atoms with Gasteiger partial charge >= 0.3 is 18.0 Å². The summed E-state index contributed by atoms with van der Waals surface area (Å²) in [6.07, 6.45) is 0. The van der Waals surface area contributed by atoms with Gasteiger partial charge in [-0.3, -0.25) is 0 Å². The fourth-order valence-corrected chi connectivity index (χ4v) is 1.73. The molecule has 2 heterocycles. The summed E-state index contributed by atoms with van der Waals surface area (Å²) in [4.78, 5) is 10.8. The monoisotopic (exact) mass is 225 g/mol. The normalized spacial score (nSPS) is 13.2. The standard InChI is InChI=1S/C10H17N4O2/c1-4-13(5-2)8-11-9(15-3)14-6-7-16-10(14)12-8/h4-7H2,1-3H3/q+1. The molecule has 0 bridgehead atoms. The Balaban J connectivity index is 2.41. The van der Waals surface area contributed by atoms with Gasteiger partial charge in [0.25, 0.3) is 0 Å². The van der Waals surface area contributed by atoms with Crippen LogP contribution < -0.4 is 18.9 Å². The molecule has 1 aromatic rings. The van der Waals surface area contributed by atoms with Crippen LogP contribution in [0.5, 0.6) is 12.0 Å². The fourth-order valence-electron chi connectivity index (χ4n) is 1.73. The second-order valence-electron chi connectivity index (χ2n) is 3.47. The van der Waals surface area contributed by atoms with E-state index in [0.717, 1.165) is 19.6 Å². The lowest BCUT2D eigenvalue weighted by Crippen LogP contribution is -2.36. The summed E-state index contributed by atoms with van der Waals surface area (Å²) < 4.78 is 12.5. The van der Waals surface area contributed by atoms with Crippen molar-refractivity contribution in [2.45, 2.75) is 20.4 Å². The molecular formula is C10H17N4O2+. The summed E-state index contributed by atoms with van der Waals surface area (Å²) in [7, 11) is 1.61. The maximum Gasteiger partial charge on any atom is 0.442 e. The van der Waals surface area contributed by atoms with Gasteiger partial charge in [0.05, 0.1) is 7.11 Å². The van der Waals surface area contributed by atoms with Gasteiger partial charge in [0, 0.05) is 13.1 Å². The number of ether oxygens (including phenoxy) is 2. The van der Waals surface area contributed by atoms with Gasteiger partial charge in [0.1, 0.15) is 13.2 Å². The summed E-state index contributed by atoms with van der Waals surface area (Å²) in [5.74, 6) is 0.662. The SMILES string of the molecule is CCN(CC)c1nc(OC)[n+]2c(n1)OCC2. The van der Waals surface area contributed by atoms with Crippen molar-refractivity contribution in [1.82, 2.24) is 9.97 Å². The smallest absolute Gasteiger partial charge is 0.442 e. The number of fused-ring (bicyclic) bond motifs is 1. The van der Waals surface area contributed by atoms with Crippen molar-refractivity contribution in [3.8, 4) is 12.0 Å². The van der Waals surface area contributed by atoms with Crippen LogP contribution in [0.25, 0.3) is 0 Å². The molecule has 0 aromatic carbocycles. The largest absolute Gasteiger partial charge is 0.444 e. The van der Waals surface area contributed by atoms with E-state index in [1.807, 2.05) is 4.57 Å². The third kappa shape index (κ3) is 1.75. The average molecular weight is 225 g/mol. The predicted molar refractivity (Wildman–Crippen MR) is 57.8 cm³/mol. The molecule has 1 aliphatic rings.